The van der Waals surface area contributed by atoms with Gasteiger partial charge in [-0.2, -0.15) is 5.10 Å². The van der Waals surface area contributed by atoms with Gasteiger partial charge in [0.15, 0.2) is 0 Å². The number of piperidine rings is 1. The van der Waals surface area contributed by atoms with Crippen LogP contribution >= 0.6 is 0 Å². The lowest BCUT2D eigenvalue weighted by Gasteiger charge is -2.32. The fourth-order valence-electron chi connectivity index (χ4n) is 5.59. The van der Waals surface area contributed by atoms with E-state index >= 15 is 0 Å². The summed E-state index contributed by atoms with van der Waals surface area (Å²) in [6, 6.07) is 19.3. The van der Waals surface area contributed by atoms with E-state index in [0.717, 1.165) is 49.2 Å². The Balaban J connectivity index is 1.28. The third-order valence-electron chi connectivity index (χ3n) is 7.98. The molecule has 1 aromatic heterocycles. The largest absolute Gasteiger partial charge is 0.478 e. The molecule has 2 heterocycles. The molecule has 2 N–H and O–H groups in total. The second-order valence-corrected chi connectivity index (χ2v) is 12.1. The minimum Gasteiger partial charge on any atom is -0.478 e. The number of carbonyl (C=O) groups is 2. The number of carboxylic acids is 1. The molecule has 0 atom stereocenters. The topological polar surface area (TPSA) is 87.5 Å². The second-order valence-electron chi connectivity index (χ2n) is 12.1. The molecule has 0 bridgehead atoms. The highest BCUT2D eigenvalue weighted by atomic mass is 19.1. The van der Waals surface area contributed by atoms with Crippen LogP contribution in [0.4, 0.5) is 10.1 Å². The zero-order chi connectivity index (χ0) is 30.0. The van der Waals surface area contributed by atoms with Gasteiger partial charge in [-0.25, -0.2) is 9.18 Å². The maximum Gasteiger partial charge on any atom is 0.335 e. The molecule has 218 valence electrons. The fraction of sp³-hybridized carbons (Fsp3) is 0.324. The highest BCUT2D eigenvalue weighted by molar-refractivity contribution is 6.08. The van der Waals surface area contributed by atoms with Crippen LogP contribution < -0.4 is 5.32 Å². The predicted molar refractivity (Wildman–Crippen MR) is 162 cm³/mol. The number of aromatic nitrogens is 2. The number of benzene rings is 3. The molecule has 0 spiro atoms. The Morgan fingerprint density at radius 3 is 2.29 bits per heavy atom. The van der Waals surface area contributed by atoms with Crippen molar-refractivity contribution in [3.8, 4) is 11.3 Å². The molecule has 0 radical (unpaired) electrons. The van der Waals surface area contributed by atoms with E-state index in [9.17, 15) is 14.0 Å². The lowest BCUT2D eigenvalue weighted by Crippen LogP contribution is -2.32. The summed E-state index contributed by atoms with van der Waals surface area (Å²) in [5.74, 6) is -1.09. The number of carbonyl (C=O) groups excluding carboxylic acids is 1. The maximum atomic E-state index is 13.7. The number of aromatic carboxylic acids is 1. The summed E-state index contributed by atoms with van der Waals surface area (Å²) in [6.45, 7) is 10.8. The molecule has 5 rings (SSSR count). The molecule has 1 fully saturated rings. The zero-order valence-corrected chi connectivity index (χ0v) is 24.5. The standard InChI is InChI=1S/C34H37FN4O3/c1-22-5-14-29(19-27(22)21-38-17-15-24(16-18-38)23-6-8-26(9-7-23)33(41)42)37-32(40)30-20-36-39(34(2,3)4)31(30)25-10-12-28(35)13-11-25/h5-14,19-20,24H,15-18,21H2,1-4H3,(H,37,40)(H,41,42). The van der Waals surface area contributed by atoms with Crippen LogP contribution in [-0.4, -0.2) is 44.8 Å². The first-order valence-electron chi connectivity index (χ1n) is 14.3. The van der Waals surface area contributed by atoms with Gasteiger partial charge in [-0.05, 0) is 125 Å². The molecule has 42 heavy (non-hydrogen) atoms. The summed E-state index contributed by atoms with van der Waals surface area (Å²) >= 11 is 0. The molecule has 0 aliphatic carbocycles. The number of aryl methyl sites for hydroxylation is 1. The van der Waals surface area contributed by atoms with Gasteiger partial charge in [0.1, 0.15) is 5.82 Å². The van der Waals surface area contributed by atoms with Crippen LogP contribution in [-0.2, 0) is 12.1 Å². The summed E-state index contributed by atoms with van der Waals surface area (Å²) < 4.78 is 15.5. The Kier molecular flexibility index (Phi) is 8.27. The number of halogens is 1. The van der Waals surface area contributed by atoms with Gasteiger partial charge in [0.2, 0.25) is 0 Å². The molecule has 3 aromatic carbocycles. The smallest absolute Gasteiger partial charge is 0.335 e. The van der Waals surface area contributed by atoms with Crippen molar-refractivity contribution in [2.24, 2.45) is 0 Å². The first-order valence-corrected chi connectivity index (χ1v) is 14.3. The molecule has 0 unspecified atom stereocenters. The second kappa shape index (κ2) is 11.9. The Labute approximate surface area is 246 Å². The van der Waals surface area contributed by atoms with Crippen LogP contribution in [0, 0.1) is 12.7 Å². The predicted octanol–water partition coefficient (Wildman–Crippen LogP) is 7.08. The lowest BCUT2D eigenvalue weighted by molar-refractivity contribution is 0.0696. The highest BCUT2D eigenvalue weighted by Crippen LogP contribution is 2.31. The number of nitrogens with zero attached hydrogens (tertiary/aromatic N) is 3. The first kappa shape index (κ1) is 29.2. The van der Waals surface area contributed by atoms with Gasteiger partial charge in [-0.3, -0.25) is 14.4 Å². The van der Waals surface area contributed by atoms with Crippen molar-refractivity contribution in [1.82, 2.24) is 14.7 Å². The minimum atomic E-state index is -0.904. The monoisotopic (exact) mass is 568 g/mol. The van der Waals surface area contributed by atoms with Gasteiger partial charge in [-0.1, -0.05) is 18.2 Å². The van der Waals surface area contributed by atoms with Gasteiger partial charge >= 0.3 is 5.97 Å². The normalized spacial score (nSPS) is 14.6. The number of likely N-dealkylation sites (tertiary alicyclic amines) is 1. The Morgan fingerprint density at radius 2 is 1.67 bits per heavy atom. The summed E-state index contributed by atoms with van der Waals surface area (Å²) in [5.41, 5.74) is 5.94. The SMILES string of the molecule is Cc1ccc(NC(=O)c2cnn(C(C)(C)C)c2-c2ccc(F)cc2)cc1CN1CCC(c2ccc(C(=O)O)cc2)CC1. The van der Waals surface area contributed by atoms with E-state index in [1.165, 1.54) is 17.7 Å². The third-order valence-corrected chi connectivity index (χ3v) is 7.98. The van der Waals surface area contributed by atoms with Crippen molar-refractivity contribution in [3.05, 3.63) is 107 Å². The molecule has 4 aromatic rings. The number of nitrogens with one attached hydrogen (secondary N) is 1. The van der Waals surface area contributed by atoms with Crippen molar-refractivity contribution >= 4 is 17.6 Å². The van der Waals surface area contributed by atoms with Crippen molar-refractivity contribution in [2.45, 2.75) is 58.5 Å². The van der Waals surface area contributed by atoms with Crippen molar-refractivity contribution in [2.75, 3.05) is 18.4 Å². The third kappa shape index (κ3) is 6.44. The van der Waals surface area contributed by atoms with Gasteiger partial charge in [0.05, 0.1) is 28.6 Å². The number of hydrogen-bond acceptors (Lipinski definition) is 4. The van der Waals surface area contributed by atoms with E-state index in [0.29, 0.717) is 28.4 Å². The van der Waals surface area contributed by atoms with Crippen LogP contribution in [0.15, 0.2) is 72.9 Å². The number of anilines is 1. The van der Waals surface area contributed by atoms with Gasteiger partial charge in [0.25, 0.3) is 5.91 Å². The molecule has 1 aliphatic rings. The van der Waals surface area contributed by atoms with E-state index in [-0.39, 0.29) is 17.3 Å². The van der Waals surface area contributed by atoms with E-state index in [2.05, 4.69) is 22.2 Å². The van der Waals surface area contributed by atoms with E-state index in [1.807, 2.05) is 51.1 Å². The molecular weight excluding hydrogens is 531 g/mol. The molecule has 1 amide bonds. The van der Waals surface area contributed by atoms with Gasteiger partial charge < -0.3 is 10.4 Å². The summed E-state index contributed by atoms with van der Waals surface area (Å²) in [4.78, 5) is 27.1. The fourth-order valence-corrected chi connectivity index (χ4v) is 5.59. The number of carboxylic acid groups (broad SMARTS) is 1. The Morgan fingerprint density at radius 1 is 1.00 bits per heavy atom. The molecule has 1 aliphatic heterocycles. The van der Waals surface area contributed by atoms with Crippen LogP contribution in [0.2, 0.25) is 0 Å². The zero-order valence-electron chi connectivity index (χ0n) is 24.5. The Bertz CT molecular complexity index is 1580. The summed E-state index contributed by atoms with van der Waals surface area (Å²) in [7, 11) is 0. The molecule has 8 heteroatoms. The quantitative estimate of drug-likeness (QED) is 0.249. The van der Waals surface area contributed by atoms with Gasteiger partial charge in [0, 0.05) is 17.8 Å². The van der Waals surface area contributed by atoms with E-state index in [4.69, 9.17) is 5.11 Å². The highest BCUT2D eigenvalue weighted by Gasteiger charge is 2.26. The van der Waals surface area contributed by atoms with E-state index in [1.54, 1.807) is 35.1 Å². The van der Waals surface area contributed by atoms with Crippen LogP contribution in [0.25, 0.3) is 11.3 Å². The number of rotatable bonds is 7. The van der Waals surface area contributed by atoms with Crippen molar-refractivity contribution < 1.29 is 19.1 Å². The first-order chi connectivity index (χ1) is 20.0. The van der Waals surface area contributed by atoms with E-state index < -0.39 is 5.97 Å². The van der Waals surface area contributed by atoms with Crippen LogP contribution in [0.5, 0.6) is 0 Å². The Hall–Kier alpha value is -4.30. The maximum absolute atomic E-state index is 13.7. The van der Waals surface area contributed by atoms with Gasteiger partial charge in [-0.15, -0.1) is 0 Å². The lowest BCUT2D eigenvalue weighted by atomic mass is 9.88. The molecule has 7 nitrogen and oxygen atoms in total. The molecule has 0 saturated carbocycles. The number of amides is 1. The summed E-state index contributed by atoms with van der Waals surface area (Å²) in [5, 5.41) is 16.8. The number of hydrogen-bond donors (Lipinski definition) is 2. The van der Waals surface area contributed by atoms with Crippen molar-refractivity contribution in [3.63, 3.8) is 0 Å². The average Bonchev–Trinajstić information content (AvgIpc) is 3.42. The van der Waals surface area contributed by atoms with Crippen LogP contribution in [0.3, 0.4) is 0 Å². The molecule has 1 saturated heterocycles. The minimum absolute atomic E-state index is 0.269. The average molecular weight is 569 g/mol. The van der Waals surface area contributed by atoms with Crippen molar-refractivity contribution in [1.29, 1.82) is 0 Å². The summed E-state index contributed by atoms with van der Waals surface area (Å²) in [6.07, 6.45) is 3.59. The van der Waals surface area contributed by atoms with Crippen LogP contribution in [0.1, 0.15) is 76.9 Å². The molecular formula is C34H37FN4O3.